The summed E-state index contributed by atoms with van der Waals surface area (Å²) in [6.07, 6.45) is 1.45. The molecular weight excluding hydrogens is 286 g/mol. The fourth-order valence-electron chi connectivity index (χ4n) is 1.62. The van der Waals surface area contributed by atoms with Crippen molar-refractivity contribution in [2.45, 2.75) is 6.54 Å². The van der Waals surface area contributed by atoms with Gasteiger partial charge in [-0.2, -0.15) is 5.10 Å². The third kappa shape index (κ3) is 2.69. The first kappa shape index (κ1) is 13.8. The molecule has 2 aromatic rings. The Hall–Kier alpha value is -2.61. The van der Waals surface area contributed by atoms with E-state index in [1.54, 1.807) is 0 Å². The van der Waals surface area contributed by atoms with Gasteiger partial charge in [0.25, 0.3) is 11.6 Å². The van der Waals surface area contributed by atoms with Crippen LogP contribution in [-0.4, -0.2) is 21.0 Å². The van der Waals surface area contributed by atoms with E-state index in [4.69, 9.17) is 17.3 Å². The summed E-state index contributed by atoms with van der Waals surface area (Å²) in [6.45, 7) is 0.0868. The number of halogens is 1. The summed E-state index contributed by atoms with van der Waals surface area (Å²) in [6, 6.07) is 4.04. The van der Waals surface area contributed by atoms with Crippen LogP contribution in [-0.2, 0) is 6.54 Å². The number of nitro benzene ring substituents is 1. The molecule has 4 N–H and O–H groups in total. The number of nitrogens with zero attached hydrogens (tertiary/aromatic N) is 2. The molecule has 0 atom stereocenters. The monoisotopic (exact) mass is 295 g/mol. The number of carbonyl (C=O) groups excluding carboxylic acids is 1. The Morgan fingerprint density at radius 1 is 1.55 bits per heavy atom. The largest absolute Gasteiger partial charge is 0.384 e. The van der Waals surface area contributed by atoms with Gasteiger partial charge in [-0.1, -0.05) is 17.7 Å². The summed E-state index contributed by atoms with van der Waals surface area (Å²) < 4.78 is 0. The van der Waals surface area contributed by atoms with Gasteiger partial charge in [-0.25, -0.2) is 0 Å². The van der Waals surface area contributed by atoms with E-state index in [0.717, 1.165) is 0 Å². The molecule has 104 valence electrons. The van der Waals surface area contributed by atoms with Crippen molar-refractivity contribution in [1.29, 1.82) is 0 Å². The minimum Gasteiger partial charge on any atom is -0.384 e. The number of nitrogens with two attached hydrogens (primary N) is 1. The van der Waals surface area contributed by atoms with Crippen molar-refractivity contribution in [3.05, 3.63) is 50.7 Å². The van der Waals surface area contributed by atoms with Gasteiger partial charge in [-0.05, 0) is 6.07 Å². The van der Waals surface area contributed by atoms with E-state index >= 15 is 0 Å². The summed E-state index contributed by atoms with van der Waals surface area (Å²) in [7, 11) is 0. The number of nitrogen functional groups attached to an aromatic ring is 1. The molecule has 0 aliphatic heterocycles. The quantitative estimate of drug-likeness (QED) is 0.581. The second kappa shape index (κ2) is 5.57. The number of benzene rings is 1. The fraction of sp³-hybridized carbons (Fsp3) is 0.0909. The van der Waals surface area contributed by atoms with Crippen LogP contribution in [0.3, 0.4) is 0 Å². The molecule has 1 amide bonds. The molecule has 0 radical (unpaired) electrons. The Morgan fingerprint density at radius 3 is 2.90 bits per heavy atom. The van der Waals surface area contributed by atoms with Crippen molar-refractivity contribution >= 4 is 29.0 Å². The Labute approximate surface area is 118 Å². The Bertz CT molecular complexity index is 670. The van der Waals surface area contributed by atoms with E-state index < -0.39 is 10.8 Å². The van der Waals surface area contributed by atoms with Gasteiger partial charge in [0.1, 0.15) is 11.4 Å². The van der Waals surface area contributed by atoms with Crippen LogP contribution in [0.1, 0.15) is 15.9 Å². The van der Waals surface area contributed by atoms with Crippen LogP contribution in [0, 0.1) is 10.1 Å². The molecule has 0 bridgehead atoms. The third-order valence-electron chi connectivity index (χ3n) is 2.61. The number of aromatic amines is 1. The topological polar surface area (TPSA) is 127 Å². The lowest BCUT2D eigenvalue weighted by atomic mass is 10.1. The highest BCUT2D eigenvalue weighted by Crippen LogP contribution is 2.26. The van der Waals surface area contributed by atoms with Crippen LogP contribution in [0.15, 0.2) is 24.4 Å². The maximum absolute atomic E-state index is 12.0. The standard InChI is InChI=1S/C11H10ClN5O3/c12-7-2-1-3-8(17(19)20)9(7)11(18)14-4-6-5-15-16-10(6)13/h1-3,5H,4H2,(H,14,18)(H3,13,15,16). The number of nitrogens with one attached hydrogen (secondary N) is 2. The van der Waals surface area contributed by atoms with Crippen LogP contribution < -0.4 is 11.1 Å². The highest BCUT2D eigenvalue weighted by molar-refractivity contribution is 6.34. The summed E-state index contributed by atoms with van der Waals surface area (Å²) in [4.78, 5) is 22.3. The lowest BCUT2D eigenvalue weighted by molar-refractivity contribution is -0.385. The van der Waals surface area contributed by atoms with E-state index in [1.165, 1.54) is 24.4 Å². The van der Waals surface area contributed by atoms with Gasteiger partial charge in [0.15, 0.2) is 0 Å². The number of nitro groups is 1. The van der Waals surface area contributed by atoms with E-state index in [0.29, 0.717) is 11.4 Å². The number of rotatable bonds is 4. The molecule has 0 aliphatic rings. The van der Waals surface area contributed by atoms with Crippen molar-refractivity contribution in [2.24, 2.45) is 0 Å². The fourth-order valence-corrected chi connectivity index (χ4v) is 1.87. The molecule has 1 aromatic heterocycles. The van der Waals surface area contributed by atoms with E-state index in [1.807, 2.05) is 0 Å². The number of carbonyl (C=O) groups is 1. The minimum absolute atomic E-state index is 0.0110. The van der Waals surface area contributed by atoms with Crippen LogP contribution >= 0.6 is 11.6 Å². The third-order valence-corrected chi connectivity index (χ3v) is 2.92. The van der Waals surface area contributed by atoms with Gasteiger partial charge in [0.05, 0.1) is 16.1 Å². The highest BCUT2D eigenvalue weighted by atomic mass is 35.5. The summed E-state index contributed by atoms with van der Waals surface area (Å²) >= 11 is 5.85. The molecule has 8 nitrogen and oxygen atoms in total. The van der Waals surface area contributed by atoms with Gasteiger partial charge in [0.2, 0.25) is 0 Å². The number of amides is 1. The lowest BCUT2D eigenvalue weighted by Gasteiger charge is -2.06. The lowest BCUT2D eigenvalue weighted by Crippen LogP contribution is -2.24. The normalized spacial score (nSPS) is 10.2. The van der Waals surface area contributed by atoms with Crippen molar-refractivity contribution < 1.29 is 9.72 Å². The second-order valence-corrected chi connectivity index (χ2v) is 4.29. The van der Waals surface area contributed by atoms with Crippen molar-refractivity contribution in [3.63, 3.8) is 0 Å². The van der Waals surface area contributed by atoms with Gasteiger partial charge < -0.3 is 11.1 Å². The molecule has 0 saturated carbocycles. The number of hydrogen-bond donors (Lipinski definition) is 3. The van der Waals surface area contributed by atoms with E-state index in [-0.39, 0.29) is 22.8 Å². The zero-order chi connectivity index (χ0) is 14.7. The first-order valence-corrected chi connectivity index (χ1v) is 5.87. The molecule has 0 fully saturated rings. The molecule has 1 aromatic carbocycles. The smallest absolute Gasteiger partial charge is 0.283 e. The van der Waals surface area contributed by atoms with Crippen LogP contribution in [0.2, 0.25) is 5.02 Å². The summed E-state index contributed by atoms with van der Waals surface area (Å²) in [5, 5.41) is 19.6. The summed E-state index contributed by atoms with van der Waals surface area (Å²) in [5.74, 6) is -0.332. The second-order valence-electron chi connectivity index (χ2n) is 3.88. The Balaban J connectivity index is 2.21. The van der Waals surface area contributed by atoms with Gasteiger partial charge >= 0.3 is 0 Å². The predicted molar refractivity (Wildman–Crippen MR) is 72.3 cm³/mol. The molecule has 2 rings (SSSR count). The summed E-state index contributed by atoms with van der Waals surface area (Å²) in [5.41, 5.74) is 5.62. The number of H-pyrrole nitrogens is 1. The molecule has 9 heteroatoms. The van der Waals surface area contributed by atoms with Crippen LogP contribution in [0.4, 0.5) is 11.5 Å². The predicted octanol–water partition coefficient (Wildman–Crippen LogP) is 1.48. The average molecular weight is 296 g/mol. The number of anilines is 1. The Kier molecular flexibility index (Phi) is 3.85. The molecule has 0 spiro atoms. The van der Waals surface area contributed by atoms with Crippen LogP contribution in [0.5, 0.6) is 0 Å². The van der Waals surface area contributed by atoms with E-state index in [9.17, 15) is 14.9 Å². The van der Waals surface area contributed by atoms with Crippen LogP contribution in [0.25, 0.3) is 0 Å². The SMILES string of the molecule is Nc1[nH]ncc1CNC(=O)c1c(Cl)cccc1[N+](=O)[O-]. The van der Waals surface area contributed by atoms with Gasteiger partial charge in [-0.15, -0.1) is 0 Å². The molecule has 0 saturated heterocycles. The molecule has 0 unspecified atom stereocenters. The first-order valence-electron chi connectivity index (χ1n) is 5.49. The number of hydrogen-bond acceptors (Lipinski definition) is 5. The van der Waals surface area contributed by atoms with Crippen molar-refractivity contribution in [3.8, 4) is 0 Å². The maximum atomic E-state index is 12.0. The molecule has 0 aliphatic carbocycles. The van der Waals surface area contributed by atoms with Crippen molar-refractivity contribution in [1.82, 2.24) is 15.5 Å². The van der Waals surface area contributed by atoms with Gasteiger partial charge in [-0.3, -0.25) is 20.0 Å². The number of aromatic nitrogens is 2. The molecular formula is C11H10ClN5O3. The van der Waals surface area contributed by atoms with Crippen molar-refractivity contribution in [2.75, 3.05) is 5.73 Å². The van der Waals surface area contributed by atoms with Gasteiger partial charge in [0, 0.05) is 18.2 Å². The van der Waals surface area contributed by atoms with E-state index in [2.05, 4.69) is 15.5 Å². The minimum atomic E-state index is -0.660. The molecule has 20 heavy (non-hydrogen) atoms. The zero-order valence-corrected chi connectivity index (χ0v) is 10.8. The highest BCUT2D eigenvalue weighted by Gasteiger charge is 2.23. The molecule has 1 heterocycles. The average Bonchev–Trinajstić information content (AvgIpc) is 2.81. The Morgan fingerprint density at radius 2 is 2.30 bits per heavy atom. The maximum Gasteiger partial charge on any atom is 0.283 e. The zero-order valence-electron chi connectivity index (χ0n) is 10.1. The first-order chi connectivity index (χ1) is 9.50.